The quantitative estimate of drug-likeness (QED) is 0.899. The monoisotopic (exact) mass is 251 g/mol. The topological polar surface area (TPSA) is 39.2 Å². The number of furan rings is 1. The van der Waals surface area contributed by atoms with Crippen LogP contribution in [0.25, 0.3) is 0 Å². The van der Waals surface area contributed by atoms with E-state index in [0.29, 0.717) is 4.90 Å². The van der Waals surface area contributed by atoms with E-state index in [2.05, 4.69) is 0 Å². The van der Waals surface area contributed by atoms with Gasteiger partial charge in [-0.25, -0.2) is 4.39 Å². The Morgan fingerprint density at radius 3 is 2.71 bits per heavy atom. The number of hydrogen-bond acceptors (Lipinski definition) is 3. The lowest BCUT2D eigenvalue weighted by molar-refractivity contribution is 0.526. The maximum Gasteiger partial charge on any atom is 0.137 e. The number of nitrogens with two attached hydrogens (primary N) is 1. The van der Waals surface area contributed by atoms with Gasteiger partial charge in [-0.05, 0) is 31.5 Å². The molecule has 2 rings (SSSR count). The second-order valence-electron chi connectivity index (χ2n) is 3.89. The smallest absolute Gasteiger partial charge is 0.137 e. The highest BCUT2D eigenvalue weighted by Crippen LogP contribution is 2.36. The van der Waals surface area contributed by atoms with Gasteiger partial charge in [-0.15, -0.1) is 0 Å². The molecular formula is C13H14FNOS. The molecule has 1 aromatic carbocycles. The van der Waals surface area contributed by atoms with E-state index in [1.54, 1.807) is 12.3 Å². The summed E-state index contributed by atoms with van der Waals surface area (Å²) in [6.07, 6.45) is 1.60. The molecule has 0 unspecified atom stereocenters. The molecule has 17 heavy (non-hydrogen) atoms. The first-order valence-corrected chi connectivity index (χ1v) is 6.17. The SMILES string of the molecule is Cc1occc1Sc1c(F)cccc1[C@H](C)N. The minimum absolute atomic E-state index is 0.194. The van der Waals surface area contributed by atoms with E-state index < -0.39 is 0 Å². The summed E-state index contributed by atoms with van der Waals surface area (Å²) in [6, 6.07) is 6.62. The summed E-state index contributed by atoms with van der Waals surface area (Å²) in [6.45, 7) is 3.70. The highest BCUT2D eigenvalue weighted by Gasteiger charge is 2.14. The van der Waals surface area contributed by atoms with Crippen molar-refractivity contribution in [2.24, 2.45) is 5.73 Å². The third-order valence-corrected chi connectivity index (χ3v) is 3.79. The van der Waals surface area contributed by atoms with E-state index in [9.17, 15) is 4.39 Å². The summed E-state index contributed by atoms with van der Waals surface area (Å²) < 4.78 is 19.0. The number of hydrogen-bond donors (Lipinski definition) is 1. The zero-order valence-corrected chi connectivity index (χ0v) is 10.6. The van der Waals surface area contributed by atoms with Crippen LogP contribution < -0.4 is 5.73 Å². The van der Waals surface area contributed by atoms with Crippen molar-refractivity contribution in [3.8, 4) is 0 Å². The predicted molar refractivity (Wildman–Crippen MR) is 66.6 cm³/mol. The second-order valence-corrected chi connectivity index (χ2v) is 4.94. The molecule has 1 atom stereocenters. The zero-order chi connectivity index (χ0) is 12.4. The summed E-state index contributed by atoms with van der Waals surface area (Å²) in [4.78, 5) is 1.49. The van der Waals surface area contributed by atoms with Crippen LogP contribution in [0.1, 0.15) is 24.3 Å². The van der Waals surface area contributed by atoms with Gasteiger partial charge in [0.25, 0.3) is 0 Å². The molecule has 0 spiro atoms. The van der Waals surface area contributed by atoms with Gasteiger partial charge < -0.3 is 10.2 Å². The van der Waals surface area contributed by atoms with E-state index in [0.717, 1.165) is 16.2 Å². The van der Waals surface area contributed by atoms with Crippen molar-refractivity contribution >= 4 is 11.8 Å². The molecule has 1 aromatic heterocycles. The fraction of sp³-hybridized carbons (Fsp3) is 0.231. The Morgan fingerprint density at radius 2 is 2.12 bits per heavy atom. The van der Waals surface area contributed by atoms with Crippen LogP contribution in [0, 0.1) is 12.7 Å². The Balaban J connectivity index is 2.41. The Bertz CT molecular complexity index is 522. The molecule has 0 saturated heterocycles. The van der Waals surface area contributed by atoms with Crippen LogP contribution in [0.3, 0.4) is 0 Å². The zero-order valence-electron chi connectivity index (χ0n) is 9.74. The van der Waals surface area contributed by atoms with Gasteiger partial charge in [0.1, 0.15) is 11.6 Å². The Hall–Kier alpha value is -1.26. The summed E-state index contributed by atoms with van der Waals surface area (Å²) in [7, 11) is 0. The Labute approximate surface area is 104 Å². The molecule has 0 radical (unpaired) electrons. The van der Waals surface area contributed by atoms with Crippen molar-refractivity contribution < 1.29 is 8.81 Å². The highest BCUT2D eigenvalue weighted by molar-refractivity contribution is 7.99. The number of aryl methyl sites for hydroxylation is 1. The van der Waals surface area contributed by atoms with E-state index >= 15 is 0 Å². The van der Waals surface area contributed by atoms with Crippen LogP contribution in [0.4, 0.5) is 4.39 Å². The van der Waals surface area contributed by atoms with Crippen molar-refractivity contribution in [1.82, 2.24) is 0 Å². The Kier molecular flexibility index (Phi) is 3.54. The molecule has 0 aliphatic heterocycles. The average molecular weight is 251 g/mol. The van der Waals surface area contributed by atoms with Gasteiger partial charge in [0, 0.05) is 6.04 Å². The van der Waals surface area contributed by atoms with E-state index in [4.69, 9.17) is 10.2 Å². The van der Waals surface area contributed by atoms with Crippen molar-refractivity contribution in [3.05, 3.63) is 47.7 Å². The lowest BCUT2D eigenvalue weighted by Gasteiger charge is -2.12. The van der Waals surface area contributed by atoms with Crippen LogP contribution in [0.15, 0.2) is 44.7 Å². The first kappa shape index (κ1) is 12.2. The number of benzene rings is 1. The van der Waals surface area contributed by atoms with Crippen molar-refractivity contribution in [2.45, 2.75) is 29.7 Å². The first-order valence-electron chi connectivity index (χ1n) is 5.35. The molecule has 1 heterocycles. The predicted octanol–water partition coefficient (Wildman–Crippen LogP) is 3.90. The molecule has 2 aromatic rings. The molecule has 0 aliphatic carbocycles. The fourth-order valence-corrected chi connectivity index (χ4v) is 2.65. The van der Waals surface area contributed by atoms with Gasteiger partial charge in [-0.2, -0.15) is 0 Å². The molecule has 0 aliphatic rings. The lowest BCUT2D eigenvalue weighted by Crippen LogP contribution is -2.07. The average Bonchev–Trinajstić information content (AvgIpc) is 2.67. The molecule has 2 N–H and O–H groups in total. The van der Waals surface area contributed by atoms with Gasteiger partial charge >= 0.3 is 0 Å². The number of halogens is 1. The molecule has 0 amide bonds. The lowest BCUT2D eigenvalue weighted by atomic mass is 10.1. The molecular weight excluding hydrogens is 237 g/mol. The third kappa shape index (κ3) is 2.53. The fourth-order valence-electron chi connectivity index (χ4n) is 1.58. The highest BCUT2D eigenvalue weighted by atomic mass is 32.2. The molecule has 2 nitrogen and oxygen atoms in total. The van der Waals surface area contributed by atoms with Gasteiger partial charge in [0.15, 0.2) is 0 Å². The maximum absolute atomic E-state index is 13.8. The van der Waals surface area contributed by atoms with Gasteiger partial charge in [0.2, 0.25) is 0 Å². The van der Waals surface area contributed by atoms with Crippen LogP contribution in [-0.2, 0) is 0 Å². The van der Waals surface area contributed by atoms with Gasteiger partial charge in [0.05, 0.1) is 16.1 Å². The van der Waals surface area contributed by atoms with Crippen LogP contribution in [-0.4, -0.2) is 0 Å². The van der Waals surface area contributed by atoms with Gasteiger partial charge in [-0.3, -0.25) is 0 Å². The van der Waals surface area contributed by atoms with Crippen molar-refractivity contribution in [2.75, 3.05) is 0 Å². The molecule has 90 valence electrons. The Morgan fingerprint density at radius 1 is 1.35 bits per heavy atom. The minimum atomic E-state index is -0.245. The molecule has 4 heteroatoms. The molecule has 0 bridgehead atoms. The first-order chi connectivity index (χ1) is 8.09. The maximum atomic E-state index is 13.8. The van der Waals surface area contributed by atoms with Crippen molar-refractivity contribution in [3.63, 3.8) is 0 Å². The molecule has 0 fully saturated rings. The summed E-state index contributed by atoms with van der Waals surface area (Å²) in [5.74, 6) is 0.541. The van der Waals surface area contributed by atoms with Crippen molar-refractivity contribution in [1.29, 1.82) is 0 Å². The molecule has 0 saturated carbocycles. The standard InChI is InChI=1S/C13H14FNOS/c1-8(15)10-4-3-5-11(14)13(10)17-12-6-7-16-9(12)2/h3-8H,15H2,1-2H3/t8-/m0/s1. The van der Waals surface area contributed by atoms with Crippen LogP contribution >= 0.6 is 11.8 Å². The third-order valence-electron chi connectivity index (χ3n) is 2.51. The van der Waals surface area contributed by atoms with Crippen LogP contribution in [0.2, 0.25) is 0 Å². The normalized spacial score (nSPS) is 12.7. The van der Waals surface area contributed by atoms with E-state index in [-0.39, 0.29) is 11.9 Å². The summed E-state index contributed by atoms with van der Waals surface area (Å²) in [5, 5.41) is 0. The van der Waals surface area contributed by atoms with Gasteiger partial charge in [-0.1, -0.05) is 23.9 Å². The largest absolute Gasteiger partial charge is 0.468 e. The van der Waals surface area contributed by atoms with E-state index in [1.165, 1.54) is 17.8 Å². The minimum Gasteiger partial charge on any atom is -0.468 e. The number of rotatable bonds is 3. The summed E-state index contributed by atoms with van der Waals surface area (Å²) in [5.41, 5.74) is 6.66. The van der Waals surface area contributed by atoms with Crippen LogP contribution in [0.5, 0.6) is 0 Å². The summed E-state index contributed by atoms with van der Waals surface area (Å²) >= 11 is 1.35. The van der Waals surface area contributed by atoms with E-state index in [1.807, 2.05) is 26.0 Å². The second kappa shape index (κ2) is 4.94.